The van der Waals surface area contributed by atoms with Crippen molar-refractivity contribution in [2.45, 2.75) is 13.0 Å². The first-order valence-electron chi connectivity index (χ1n) is 6.34. The number of aromatic nitrogens is 1. The number of pyridine rings is 1. The Hall–Kier alpha value is -2.01. The minimum absolute atomic E-state index is 0.221. The summed E-state index contributed by atoms with van der Waals surface area (Å²) in [5, 5.41) is 3.11. The van der Waals surface area contributed by atoms with Crippen LogP contribution in [-0.4, -0.2) is 18.6 Å². The van der Waals surface area contributed by atoms with Gasteiger partial charge < -0.3 is 10.1 Å². The van der Waals surface area contributed by atoms with Gasteiger partial charge >= 0.3 is 0 Å². The highest BCUT2D eigenvalue weighted by molar-refractivity contribution is 5.40. The number of rotatable bonds is 5. The molecule has 3 nitrogen and oxygen atoms in total. The van der Waals surface area contributed by atoms with Crippen LogP contribution in [0.15, 0.2) is 36.5 Å². The van der Waals surface area contributed by atoms with E-state index in [9.17, 15) is 8.78 Å². The van der Waals surface area contributed by atoms with E-state index in [1.807, 2.05) is 6.92 Å². The third kappa shape index (κ3) is 2.93. The molecular weight excluding hydrogens is 262 g/mol. The molecule has 1 atom stereocenters. The molecule has 0 radical (unpaired) electrons. The highest BCUT2D eigenvalue weighted by atomic mass is 19.1. The van der Waals surface area contributed by atoms with Gasteiger partial charge in [0.15, 0.2) is 0 Å². The third-order valence-corrected chi connectivity index (χ3v) is 2.97. The summed E-state index contributed by atoms with van der Waals surface area (Å²) in [5.74, 6) is -0.354. The van der Waals surface area contributed by atoms with Crippen LogP contribution in [0.2, 0.25) is 0 Å². The van der Waals surface area contributed by atoms with Crippen molar-refractivity contribution in [2.24, 2.45) is 0 Å². The fourth-order valence-electron chi connectivity index (χ4n) is 2.10. The minimum atomic E-state index is -0.563. The number of halogens is 2. The monoisotopic (exact) mass is 278 g/mol. The van der Waals surface area contributed by atoms with E-state index < -0.39 is 17.7 Å². The molecule has 2 aromatic rings. The summed E-state index contributed by atoms with van der Waals surface area (Å²) in [6, 6.07) is 6.45. The SMILES string of the molecule is CCNC(c1cc(F)ccc1OC)c1ncccc1F. The first-order valence-corrected chi connectivity index (χ1v) is 6.34. The van der Waals surface area contributed by atoms with E-state index in [1.165, 1.54) is 43.6 Å². The van der Waals surface area contributed by atoms with Crippen LogP contribution < -0.4 is 10.1 Å². The van der Waals surface area contributed by atoms with Crippen molar-refractivity contribution >= 4 is 0 Å². The molecule has 0 fully saturated rings. The standard InChI is InChI=1S/C15H16F2N2O/c1-3-18-14(15-12(17)5-4-8-19-15)11-9-10(16)6-7-13(11)20-2/h4-9,14,18H,3H2,1-2H3. The zero-order chi connectivity index (χ0) is 14.5. The van der Waals surface area contributed by atoms with Gasteiger partial charge in [-0.05, 0) is 36.9 Å². The molecule has 1 unspecified atom stereocenters. The summed E-state index contributed by atoms with van der Waals surface area (Å²) in [7, 11) is 1.49. The maximum Gasteiger partial charge on any atom is 0.146 e. The number of nitrogens with one attached hydrogen (secondary N) is 1. The van der Waals surface area contributed by atoms with Gasteiger partial charge in [0.2, 0.25) is 0 Å². The summed E-state index contributed by atoms with van der Waals surface area (Å²) in [5.41, 5.74) is 0.741. The zero-order valence-electron chi connectivity index (χ0n) is 11.4. The molecule has 106 valence electrons. The van der Waals surface area contributed by atoms with E-state index in [2.05, 4.69) is 10.3 Å². The second-order valence-electron chi connectivity index (χ2n) is 4.25. The maximum atomic E-state index is 13.9. The van der Waals surface area contributed by atoms with Gasteiger partial charge in [-0.2, -0.15) is 0 Å². The predicted octanol–water partition coefficient (Wildman–Crippen LogP) is 3.07. The third-order valence-electron chi connectivity index (χ3n) is 2.97. The molecular formula is C15H16F2N2O. The van der Waals surface area contributed by atoms with Gasteiger partial charge in [-0.1, -0.05) is 6.92 Å². The Morgan fingerprint density at radius 2 is 2.10 bits per heavy atom. The molecule has 0 saturated carbocycles. The highest BCUT2D eigenvalue weighted by Crippen LogP contribution is 2.30. The fraction of sp³-hybridized carbons (Fsp3) is 0.267. The Morgan fingerprint density at radius 3 is 2.75 bits per heavy atom. The average Bonchev–Trinajstić information content (AvgIpc) is 2.46. The smallest absolute Gasteiger partial charge is 0.146 e. The predicted molar refractivity (Wildman–Crippen MR) is 72.7 cm³/mol. The lowest BCUT2D eigenvalue weighted by molar-refractivity contribution is 0.401. The Labute approximate surface area is 116 Å². The van der Waals surface area contributed by atoms with Crippen molar-refractivity contribution in [2.75, 3.05) is 13.7 Å². The molecule has 0 saturated heterocycles. The van der Waals surface area contributed by atoms with E-state index >= 15 is 0 Å². The molecule has 1 N–H and O–H groups in total. The molecule has 5 heteroatoms. The van der Waals surface area contributed by atoms with Gasteiger partial charge in [0.1, 0.15) is 17.4 Å². The largest absolute Gasteiger partial charge is 0.496 e. The van der Waals surface area contributed by atoms with E-state index in [-0.39, 0.29) is 5.69 Å². The zero-order valence-corrected chi connectivity index (χ0v) is 11.4. The number of hydrogen-bond acceptors (Lipinski definition) is 3. The molecule has 0 spiro atoms. The molecule has 1 aromatic heterocycles. The van der Waals surface area contributed by atoms with Gasteiger partial charge in [0, 0.05) is 11.8 Å². The molecule has 0 aliphatic rings. The molecule has 1 aromatic carbocycles. The van der Waals surface area contributed by atoms with Crippen molar-refractivity contribution in [3.8, 4) is 5.75 Å². The van der Waals surface area contributed by atoms with Crippen molar-refractivity contribution in [3.05, 3.63) is 59.4 Å². The van der Waals surface area contributed by atoms with E-state index in [0.29, 0.717) is 17.9 Å². The van der Waals surface area contributed by atoms with Crippen LogP contribution >= 0.6 is 0 Å². The van der Waals surface area contributed by atoms with Gasteiger partial charge in [-0.25, -0.2) is 8.78 Å². The second-order valence-corrected chi connectivity index (χ2v) is 4.25. The van der Waals surface area contributed by atoms with Crippen LogP contribution in [0.1, 0.15) is 24.2 Å². The van der Waals surface area contributed by atoms with Crippen LogP contribution in [0.3, 0.4) is 0 Å². The first kappa shape index (κ1) is 14.4. The van der Waals surface area contributed by atoms with Crippen LogP contribution in [0.25, 0.3) is 0 Å². The van der Waals surface area contributed by atoms with Crippen LogP contribution in [-0.2, 0) is 0 Å². The number of benzene rings is 1. The Morgan fingerprint density at radius 1 is 1.30 bits per heavy atom. The Bertz CT molecular complexity index is 590. The quantitative estimate of drug-likeness (QED) is 0.912. The summed E-state index contributed by atoms with van der Waals surface area (Å²) in [4.78, 5) is 4.06. The van der Waals surface area contributed by atoms with Gasteiger partial charge in [0.05, 0.1) is 18.8 Å². The summed E-state index contributed by atoms with van der Waals surface area (Å²) >= 11 is 0. The summed E-state index contributed by atoms with van der Waals surface area (Å²) in [6.45, 7) is 2.47. The van der Waals surface area contributed by atoms with E-state index in [4.69, 9.17) is 4.74 Å². The van der Waals surface area contributed by atoms with Crippen LogP contribution in [0.4, 0.5) is 8.78 Å². The average molecular weight is 278 g/mol. The van der Waals surface area contributed by atoms with Crippen molar-refractivity contribution in [3.63, 3.8) is 0 Å². The molecule has 20 heavy (non-hydrogen) atoms. The maximum absolute atomic E-state index is 13.9. The van der Waals surface area contributed by atoms with Gasteiger partial charge in [-0.3, -0.25) is 4.98 Å². The van der Waals surface area contributed by atoms with Gasteiger partial charge in [0.25, 0.3) is 0 Å². The molecule has 0 aliphatic carbocycles. The van der Waals surface area contributed by atoms with Crippen LogP contribution in [0, 0.1) is 11.6 Å². The normalized spacial score (nSPS) is 12.2. The molecule has 1 heterocycles. The number of ether oxygens (including phenoxy) is 1. The van der Waals surface area contributed by atoms with Crippen molar-refractivity contribution in [1.82, 2.24) is 10.3 Å². The van der Waals surface area contributed by atoms with Crippen molar-refractivity contribution < 1.29 is 13.5 Å². The Kier molecular flexibility index (Phi) is 4.63. The topological polar surface area (TPSA) is 34.1 Å². The lowest BCUT2D eigenvalue weighted by Gasteiger charge is -2.20. The first-order chi connectivity index (χ1) is 9.67. The lowest BCUT2D eigenvalue weighted by atomic mass is 10.0. The molecule has 2 rings (SSSR count). The van der Waals surface area contributed by atoms with Crippen molar-refractivity contribution in [1.29, 1.82) is 0 Å². The van der Waals surface area contributed by atoms with Gasteiger partial charge in [-0.15, -0.1) is 0 Å². The Balaban J connectivity index is 2.54. The fourth-order valence-corrected chi connectivity index (χ4v) is 2.10. The second kappa shape index (κ2) is 6.43. The van der Waals surface area contributed by atoms with Crippen LogP contribution in [0.5, 0.6) is 5.75 Å². The molecule has 0 bridgehead atoms. The van der Waals surface area contributed by atoms with E-state index in [0.717, 1.165) is 0 Å². The molecule has 0 amide bonds. The highest BCUT2D eigenvalue weighted by Gasteiger charge is 2.22. The summed E-state index contributed by atoms with van der Waals surface area (Å²) in [6.07, 6.45) is 1.51. The summed E-state index contributed by atoms with van der Waals surface area (Å²) < 4.78 is 32.7. The number of hydrogen-bond donors (Lipinski definition) is 1. The number of nitrogens with zero attached hydrogens (tertiary/aromatic N) is 1. The minimum Gasteiger partial charge on any atom is -0.496 e. The molecule has 0 aliphatic heterocycles. The van der Waals surface area contributed by atoms with E-state index in [1.54, 1.807) is 0 Å². The number of methoxy groups -OCH3 is 1. The lowest BCUT2D eigenvalue weighted by Crippen LogP contribution is -2.24.